The summed E-state index contributed by atoms with van der Waals surface area (Å²) in [4.78, 5) is 0. The zero-order chi connectivity index (χ0) is 20.2. The highest BCUT2D eigenvalue weighted by atomic mass is 14.7. The SMILES string of the molecule is CC(C)CCC[C@@H](C)[C@@]1(C)CC[C@H]2[C@@H]3CC=C4CCCC[C@]4(C)[C@H]3CC[C@@]21C. The van der Waals surface area contributed by atoms with Crippen molar-refractivity contribution in [2.45, 2.75) is 119 Å². The molecule has 0 unspecified atom stereocenters. The van der Waals surface area contributed by atoms with Crippen LogP contribution in [-0.4, -0.2) is 0 Å². The first kappa shape index (κ1) is 21.0. The summed E-state index contributed by atoms with van der Waals surface area (Å²) in [6.45, 7) is 15.5. The molecule has 0 aromatic heterocycles. The molecule has 0 nitrogen and oxygen atoms in total. The van der Waals surface area contributed by atoms with Crippen LogP contribution in [0.2, 0.25) is 0 Å². The Kier molecular flexibility index (Phi) is 5.59. The Labute approximate surface area is 176 Å². The van der Waals surface area contributed by atoms with E-state index in [1.165, 1.54) is 77.0 Å². The predicted octanol–water partition coefficient (Wildman–Crippen LogP) is 8.81. The highest BCUT2D eigenvalue weighted by Crippen LogP contribution is 2.71. The molecule has 0 spiro atoms. The minimum atomic E-state index is 0.560. The van der Waals surface area contributed by atoms with Crippen LogP contribution >= 0.6 is 0 Å². The second kappa shape index (κ2) is 7.46. The van der Waals surface area contributed by atoms with Gasteiger partial charge in [-0.05, 0) is 97.2 Å². The Hall–Kier alpha value is -0.260. The van der Waals surface area contributed by atoms with Gasteiger partial charge in [0.1, 0.15) is 0 Å². The zero-order valence-electron chi connectivity index (χ0n) is 19.9. The Bertz CT molecular complexity index is 599. The first-order valence-electron chi connectivity index (χ1n) is 12.9. The molecule has 160 valence electrons. The average molecular weight is 385 g/mol. The van der Waals surface area contributed by atoms with Crippen LogP contribution in [-0.2, 0) is 0 Å². The molecule has 7 atom stereocenters. The van der Waals surface area contributed by atoms with E-state index in [-0.39, 0.29) is 0 Å². The summed E-state index contributed by atoms with van der Waals surface area (Å²) in [7, 11) is 0. The minimum absolute atomic E-state index is 0.560. The number of allylic oxidation sites excluding steroid dienone is 2. The summed E-state index contributed by atoms with van der Waals surface area (Å²) in [6.07, 6.45) is 20.3. The standard InChI is InChI=1S/C28H48/c1-20(2)10-9-11-21(3)27(5)18-16-25-23-14-13-22-12-7-8-17-26(22,4)24(23)15-19-28(25,27)6/h13,20-21,23-25H,7-12,14-19H2,1-6H3/t21-,23-,24+,25+,26+,27-,28+/m1/s1. The maximum Gasteiger partial charge on any atom is -0.00853 e. The predicted molar refractivity (Wildman–Crippen MR) is 122 cm³/mol. The monoisotopic (exact) mass is 384 g/mol. The van der Waals surface area contributed by atoms with Gasteiger partial charge >= 0.3 is 0 Å². The third-order valence-electron chi connectivity index (χ3n) is 11.2. The summed E-state index contributed by atoms with van der Waals surface area (Å²) in [5, 5.41) is 0. The first-order valence-corrected chi connectivity index (χ1v) is 12.9. The normalized spacial score (nSPS) is 46.5. The molecule has 3 saturated carbocycles. The lowest BCUT2D eigenvalue weighted by atomic mass is 9.45. The van der Waals surface area contributed by atoms with Crippen molar-refractivity contribution in [3.8, 4) is 0 Å². The smallest absolute Gasteiger partial charge is 0.00853 e. The van der Waals surface area contributed by atoms with Gasteiger partial charge in [-0.15, -0.1) is 0 Å². The van der Waals surface area contributed by atoms with Gasteiger partial charge in [0.05, 0.1) is 0 Å². The van der Waals surface area contributed by atoms with Gasteiger partial charge in [0.15, 0.2) is 0 Å². The van der Waals surface area contributed by atoms with Crippen molar-refractivity contribution in [3.63, 3.8) is 0 Å². The van der Waals surface area contributed by atoms with E-state index in [0.29, 0.717) is 16.2 Å². The van der Waals surface area contributed by atoms with Crippen LogP contribution in [0.25, 0.3) is 0 Å². The summed E-state index contributed by atoms with van der Waals surface area (Å²) in [6, 6.07) is 0. The van der Waals surface area contributed by atoms with Crippen molar-refractivity contribution in [2.75, 3.05) is 0 Å². The molecule has 0 aliphatic heterocycles. The molecule has 0 saturated heterocycles. The molecule has 0 aromatic carbocycles. The Morgan fingerprint density at radius 2 is 1.68 bits per heavy atom. The number of hydrogen-bond acceptors (Lipinski definition) is 0. The molecule has 4 aliphatic carbocycles. The quantitative estimate of drug-likeness (QED) is 0.415. The van der Waals surface area contributed by atoms with E-state index in [2.05, 4.69) is 47.6 Å². The van der Waals surface area contributed by atoms with Gasteiger partial charge in [-0.3, -0.25) is 0 Å². The van der Waals surface area contributed by atoms with Crippen molar-refractivity contribution in [1.29, 1.82) is 0 Å². The van der Waals surface area contributed by atoms with Crippen molar-refractivity contribution in [3.05, 3.63) is 11.6 Å². The van der Waals surface area contributed by atoms with Crippen LogP contribution in [0.3, 0.4) is 0 Å². The highest BCUT2D eigenvalue weighted by Gasteiger charge is 2.62. The molecular formula is C28H48. The second-order valence-electron chi connectivity index (χ2n) is 12.6. The van der Waals surface area contributed by atoms with Gasteiger partial charge in [-0.25, -0.2) is 0 Å². The van der Waals surface area contributed by atoms with Gasteiger partial charge in [0.25, 0.3) is 0 Å². The van der Waals surface area contributed by atoms with Crippen LogP contribution < -0.4 is 0 Å². The molecule has 4 aliphatic rings. The summed E-state index contributed by atoms with van der Waals surface area (Å²) >= 11 is 0. The fourth-order valence-electron chi connectivity index (χ4n) is 8.96. The van der Waals surface area contributed by atoms with E-state index in [1.54, 1.807) is 0 Å². The number of hydrogen-bond donors (Lipinski definition) is 0. The van der Waals surface area contributed by atoms with E-state index < -0.39 is 0 Å². The first-order chi connectivity index (χ1) is 13.2. The maximum absolute atomic E-state index is 2.74. The van der Waals surface area contributed by atoms with Gasteiger partial charge in [-0.1, -0.05) is 78.9 Å². The van der Waals surface area contributed by atoms with Crippen LogP contribution in [0, 0.1) is 45.8 Å². The molecule has 0 radical (unpaired) electrons. The Morgan fingerprint density at radius 3 is 2.43 bits per heavy atom. The second-order valence-corrected chi connectivity index (χ2v) is 12.6. The zero-order valence-corrected chi connectivity index (χ0v) is 19.9. The van der Waals surface area contributed by atoms with Gasteiger partial charge in [0.2, 0.25) is 0 Å². The average Bonchev–Trinajstić information content (AvgIpc) is 2.93. The van der Waals surface area contributed by atoms with Crippen molar-refractivity contribution in [2.24, 2.45) is 45.8 Å². The molecule has 3 fully saturated rings. The van der Waals surface area contributed by atoms with E-state index in [4.69, 9.17) is 0 Å². The lowest BCUT2D eigenvalue weighted by molar-refractivity contribution is -0.0851. The Balaban J connectivity index is 1.54. The van der Waals surface area contributed by atoms with Gasteiger partial charge in [-0.2, -0.15) is 0 Å². The largest absolute Gasteiger partial charge is 0.0845 e. The molecule has 0 bridgehead atoms. The van der Waals surface area contributed by atoms with Gasteiger partial charge < -0.3 is 0 Å². The summed E-state index contributed by atoms with van der Waals surface area (Å²) in [5.74, 6) is 4.71. The van der Waals surface area contributed by atoms with Crippen molar-refractivity contribution >= 4 is 0 Å². The van der Waals surface area contributed by atoms with Crippen LogP contribution in [0.15, 0.2) is 11.6 Å². The summed E-state index contributed by atoms with van der Waals surface area (Å²) < 4.78 is 0. The highest BCUT2D eigenvalue weighted by molar-refractivity contribution is 5.25. The van der Waals surface area contributed by atoms with E-state index >= 15 is 0 Å². The van der Waals surface area contributed by atoms with Crippen molar-refractivity contribution < 1.29 is 0 Å². The maximum atomic E-state index is 2.74. The fraction of sp³-hybridized carbons (Fsp3) is 0.929. The Morgan fingerprint density at radius 1 is 0.929 bits per heavy atom. The third-order valence-corrected chi connectivity index (χ3v) is 11.2. The lowest BCUT2D eigenvalue weighted by Crippen LogP contribution is -2.52. The lowest BCUT2D eigenvalue weighted by Gasteiger charge is -2.60. The van der Waals surface area contributed by atoms with Crippen LogP contribution in [0.5, 0.6) is 0 Å². The molecule has 4 rings (SSSR count). The number of fused-ring (bicyclic) bond motifs is 5. The van der Waals surface area contributed by atoms with E-state index in [1.807, 2.05) is 5.57 Å². The molecule has 28 heavy (non-hydrogen) atoms. The molecule has 0 heterocycles. The molecule has 0 aromatic rings. The van der Waals surface area contributed by atoms with Crippen molar-refractivity contribution in [1.82, 2.24) is 0 Å². The molecule has 0 N–H and O–H groups in total. The topological polar surface area (TPSA) is 0 Å². The molecule has 0 amide bonds. The van der Waals surface area contributed by atoms with Crippen LogP contribution in [0.1, 0.15) is 119 Å². The fourth-order valence-corrected chi connectivity index (χ4v) is 8.96. The minimum Gasteiger partial charge on any atom is -0.0845 e. The number of rotatable bonds is 5. The third kappa shape index (κ3) is 3.06. The van der Waals surface area contributed by atoms with E-state index in [9.17, 15) is 0 Å². The molecule has 0 heteroatoms. The van der Waals surface area contributed by atoms with Crippen LogP contribution in [0.4, 0.5) is 0 Å². The molecular weight excluding hydrogens is 336 g/mol. The van der Waals surface area contributed by atoms with E-state index in [0.717, 1.165) is 29.6 Å². The summed E-state index contributed by atoms with van der Waals surface area (Å²) in [5.41, 5.74) is 3.58. The van der Waals surface area contributed by atoms with Gasteiger partial charge in [0, 0.05) is 0 Å².